The zero-order valence-electron chi connectivity index (χ0n) is 13.6. The fourth-order valence-electron chi connectivity index (χ4n) is 3.24. The average molecular weight is 270 g/mol. The summed E-state index contributed by atoms with van der Waals surface area (Å²) < 4.78 is 0. The molecular formula is C18H26N2. The molecule has 2 rings (SSSR count). The number of nitrogens with zero attached hydrogens (tertiary/aromatic N) is 2. The summed E-state index contributed by atoms with van der Waals surface area (Å²) in [6.07, 6.45) is 2.43. The molecule has 1 atom stereocenters. The summed E-state index contributed by atoms with van der Waals surface area (Å²) in [5.74, 6) is 0. The van der Waals surface area contributed by atoms with Crippen molar-refractivity contribution in [2.75, 3.05) is 21.1 Å². The molecule has 1 aromatic carbocycles. The summed E-state index contributed by atoms with van der Waals surface area (Å²) in [6.45, 7) is 6.43. The maximum Gasteiger partial charge on any atom is 0.0391 e. The molecule has 1 aromatic rings. The van der Waals surface area contributed by atoms with Crippen molar-refractivity contribution in [1.29, 1.82) is 0 Å². The molecule has 108 valence electrons. The van der Waals surface area contributed by atoms with Crippen molar-refractivity contribution >= 4 is 11.3 Å². The molecule has 1 aliphatic carbocycles. The minimum absolute atomic E-state index is 0.558. The summed E-state index contributed by atoms with van der Waals surface area (Å²) >= 11 is 0. The second-order valence-electron chi connectivity index (χ2n) is 6.12. The number of fused-ring (bicyclic) bond motifs is 1. The van der Waals surface area contributed by atoms with Gasteiger partial charge in [-0.3, -0.25) is 4.99 Å². The second-order valence-corrected chi connectivity index (χ2v) is 6.12. The van der Waals surface area contributed by atoms with Crippen LogP contribution in [0.2, 0.25) is 0 Å². The quantitative estimate of drug-likeness (QED) is 0.754. The van der Waals surface area contributed by atoms with Gasteiger partial charge in [0, 0.05) is 24.4 Å². The third kappa shape index (κ3) is 2.71. The van der Waals surface area contributed by atoms with Crippen LogP contribution in [-0.2, 0) is 6.42 Å². The molecule has 0 fully saturated rings. The molecule has 0 bridgehead atoms. The normalized spacial score (nSPS) is 18.4. The van der Waals surface area contributed by atoms with Gasteiger partial charge in [-0.2, -0.15) is 0 Å². The Morgan fingerprint density at radius 1 is 1.20 bits per heavy atom. The van der Waals surface area contributed by atoms with E-state index < -0.39 is 0 Å². The van der Waals surface area contributed by atoms with Crippen LogP contribution in [0.4, 0.5) is 0 Å². The molecule has 0 aromatic heterocycles. The molecule has 0 spiro atoms. The molecule has 0 amide bonds. The lowest BCUT2D eigenvalue weighted by molar-refractivity contribution is 0.299. The molecule has 0 aliphatic heterocycles. The fourth-order valence-corrected chi connectivity index (χ4v) is 3.24. The SMILES string of the molecule is CN=C(C)C(=C(C)C)c1ccc2c(c1)[C@H](N(C)C)CC2. The predicted octanol–water partition coefficient (Wildman–Crippen LogP) is 4.12. The monoisotopic (exact) mass is 270 g/mol. The second kappa shape index (κ2) is 5.92. The molecule has 0 heterocycles. The van der Waals surface area contributed by atoms with E-state index in [0.29, 0.717) is 6.04 Å². The molecular weight excluding hydrogens is 244 g/mol. The van der Waals surface area contributed by atoms with Gasteiger partial charge in [0.1, 0.15) is 0 Å². The van der Waals surface area contributed by atoms with Crippen molar-refractivity contribution in [2.24, 2.45) is 4.99 Å². The van der Waals surface area contributed by atoms with Crippen molar-refractivity contribution in [3.63, 3.8) is 0 Å². The standard InChI is InChI=1S/C18H26N2/c1-12(2)18(13(3)19-4)15-8-7-14-9-10-17(20(5)6)16(14)11-15/h7-8,11,17H,9-10H2,1-6H3/t17-/m1/s1. The Hall–Kier alpha value is -1.41. The smallest absolute Gasteiger partial charge is 0.0391 e. The van der Waals surface area contributed by atoms with E-state index in [-0.39, 0.29) is 0 Å². The van der Waals surface area contributed by atoms with Gasteiger partial charge in [0.15, 0.2) is 0 Å². The van der Waals surface area contributed by atoms with E-state index in [1.165, 1.54) is 40.7 Å². The summed E-state index contributed by atoms with van der Waals surface area (Å²) in [7, 11) is 6.22. The zero-order valence-corrected chi connectivity index (χ0v) is 13.6. The summed E-state index contributed by atoms with van der Waals surface area (Å²) in [4.78, 5) is 6.71. The van der Waals surface area contributed by atoms with Crippen LogP contribution in [0.15, 0.2) is 28.8 Å². The number of benzene rings is 1. The van der Waals surface area contributed by atoms with Crippen LogP contribution in [0.1, 0.15) is 49.9 Å². The van der Waals surface area contributed by atoms with Gasteiger partial charge in [0.2, 0.25) is 0 Å². The molecule has 2 nitrogen and oxygen atoms in total. The van der Waals surface area contributed by atoms with Gasteiger partial charge < -0.3 is 4.90 Å². The van der Waals surface area contributed by atoms with Gasteiger partial charge in [0.05, 0.1) is 0 Å². The van der Waals surface area contributed by atoms with Crippen LogP contribution in [0.3, 0.4) is 0 Å². The van der Waals surface area contributed by atoms with E-state index >= 15 is 0 Å². The lowest BCUT2D eigenvalue weighted by atomic mass is 9.94. The van der Waals surface area contributed by atoms with Crippen LogP contribution in [0, 0.1) is 0 Å². The third-order valence-electron chi connectivity index (χ3n) is 4.30. The third-order valence-corrected chi connectivity index (χ3v) is 4.30. The minimum atomic E-state index is 0.558. The lowest BCUT2D eigenvalue weighted by Crippen LogP contribution is -2.17. The van der Waals surface area contributed by atoms with Crippen LogP contribution in [0.25, 0.3) is 5.57 Å². The number of rotatable bonds is 3. The zero-order chi connectivity index (χ0) is 14.9. The molecule has 0 saturated heterocycles. The number of hydrogen-bond donors (Lipinski definition) is 0. The van der Waals surface area contributed by atoms with E-state index in [1.807, 2.05) is 7.05 Å². The molecule has 0 unspecified atom stereocenters. The maximum atomic E-state index is 4.38. The predicted molar refractivity (Wildman–Crippen MR) is 88.5 cm³/mol. The van der Waals surface area contributed by atoms with Crippen molar-refractivity contribution in [2.45, 2.75) is 39.7 Å². The van der Waals surface area contributed by atoms with Gasteiger partial charge in [-0.05, 0) is 70.5 Å². The highest BCUT2D eigenvalue weighted by Gasteiger charge is 2.24. The van der Waals surface area contributed by atoms with Gasteiger partial charge in [0.25, 0.3) is 0 Å². The van der Waals surface area contributed by atoms with Gasteiger partial charge in [-0.1, -0.05) is 17.7 Å². The van der Waals surface area contributed by atoms with E-state index in [1.54, 1.807) is 0 Å². The largest absolute Gasteiger partial charge is 0.302 e. The Balaban J connectivity index is 2.51. The Labute approximate surface area is 123 Å². The molecule has 2 heteroatoms. The number of aliphatic imine (C=N–C) groups is 1. The Kier molecular flexibility index (Phi) is 4.44. The first kappa shape index (κ1) is 15.0. The highest BCUT2D eigenvalue weighted by atomic mass is 15.1. The van der Waals surface area contributed by atoms with Gasteiger partial charge in [-0.15, -0.1) is 0 Å². The van der Waals surface area contributed by atoms with E-state index in [0.717, 1.165) is 5.71 Å². The van der Waals surface area contributed by atoms with E-state index in [2.05, 4.69) is 63.0 Å². The average Bonchev–Trinajstić information content (AvgIpc) is 2.81. The highest BCUT2D eigenvalue weighted by molar-refractivity contribution is 6.23. The van der Waals surface area contributed by atoms with Crippen LogP contribution < -0.4 is 0 Å². The van der Waals surface area contributed by atoms with E-state index in [9.17, 15) is 0 Å². The summed E-state index contributed by atoms with van der Waals surface area (Å²) in [5.41, 5.74) is 8.04. The van der Waals surface area contributed by atoms with Gasteiger partial charge in [-0.25, -0.2) is 0 Å². The highest BCUT2D eigenvalue weighted by Crippen LogP contribution is 2.36. The summed E-state index contributed by atoms with van der Waals surface area (Å²) in [6, 6.07) is 7.50. The van der Waals surface area contributed by atoms with Crippen LogP contribution >= 0.6 is 0 Å². The van der Waals surface area contributed by atoms with Crippen molar-refractivity contribution in [1.82, 2.24) is 4.90 Å². The first-order valence-electron chi connectivity index (χ1n) is 7.36. The minimum Gasteiger partial charge on any atom is -0.302 e. The fraction of sp³-hybridized carbons (Fsp3) is 0.500. The maximum absolute atomic E-state index is 4.38. The number of hydrogen-bond acceptors (Lipinski definition) is 2. The topological polar surface area (TPSA) is 15.6 Å². The molecule has 20 heavy (non-hydrogen) atoms. The summed E-state index contributed by atoms with van der Waals surface area (Å²) in [5, 5.41) is 0. The lowest BCUT2D eigenvalue weighted by Gasteiger charge is -2.21. The van der Waals surface area contributed by atoms with Gasteiger partial charge >= 0.3 is 0 Å². The number of allylic oxidation sites excluding steroid dienone is 2. The molecule has 1 aliphatic rings. The Morgan fingerprint density at radius 3 is 2.45 bits per heavy atom. The Morgan fingerprint density at radius 2 is 1.90 bits per heavy atom. The first-order chi connectivity index (χ1) is 9.45. The number of aryl methyl sites for hydroxylation is 1. The molecule has 0 radical (unpaired) electrons. The van der Waals surface area contributed by atoms with E-state index in [4.69, 9.17) is 0 Å². The van der Waals surface area contributed by atoms with Crippen molar-refractivity contribution < 1.29 is 0 Å². The van der Waals surface area contributed by atoms with Crippen molar-refractivity contribution in [3.8, 4) is 0 Å². The molecule has 0 saturated carbocycles. The van der Waals surface area contributed by atoms with Crippen LogP contribution in [-0.4, -0.2) is 31.8 Å². The van der Waals surface area contributed by atoms with Crippen LogP contribution in [0.5, 0.6) is 0 Å². The Bertz CT molecular complexity index is 561. The molecule has 0 N–H and O–H groups in total. The first-order valence-corrected chi connectivity index (χ1v) is 7.36. The van der Waals surface area contributed by atoms with Crippen molar-refractivity contribution in [3.05, 3.63) is 40.5 Å².